The minimum absolute atomic E-state index is 1.07. The van der Waals surface area contributed by atoms with E-state index in [0.717, 1.165) is 9.14 Å². The van der Waals surface area contributed by atoms with Crippen LogP contribution in [0, 0.1) is 0 Å². The third-order valence-corrected chi connectivity index (χ3v) is 2.08. The van der Waals surface area contributed by atoms with E-state index in [2.05, 4.69) is 35.7 Å². The van der Waals surface area contributed by atoms with Gasteiger partial charge in [-0.3, -0.25) is 0 Å². The molecule has 0 bridgehead atoms. The van der Waals surface area contributed by atoms with Crippen LogP contribution in [0.4, 0.5) is 0 Å². The van der Waals surface area contributed by atoms with Crippen molar-refractivity contribution in [1.82, 2.24) is 0 Å². The Balaban J connectivity index is 3.00. The van der Waals surface area contributed by atoms with E-state index < -0.39 is 0 Å². The smallest absolute Gasteiger partial charge is 0.0130 e. The Morgan fingerprint density at radius 1 is 1.27 bits per heavy atom. The van der Waals surface area contributed by atoms with Gasteiger partial charge in [0.15, 0.2) is 0 Å². The van der Waals surface area contributed by atoms with E-state index in [0.29, 0.717) is 0 Å². The molecular formula is C10H9I. The lowest BCUT2D eigenvalue weighted by atomic mass is 10.1. The van der Waals surface area contributed by atoms with Crippen molar-refractivity contribution in [3.8, 4) is 0 Å². The van der Waals surface area contributed by atoms with E-state index in [1.165, 1.54) is 5.56 Å². The fourth-order valence-corrected chi connectivity index (χ4v) is 1.16. The number of rotatable bonds is 2. The molecule has 0 aliphatic rings. The Bertz CT molecular complexity index is 269. The van der Waals surface area contributed by atoms with E-state index in [1.807, 2.05) is 30.3 Å². The molecule has 0 spiro atoms. The van der Waals surface area contributed by atoms with E-state index in [4.69, 9.17) is 0 Å². The van der Waals surface area contributed by atoms with Crippen LogP contribution in [-0.2, 0) is 0 Å². The monoisotopic (exact) mass is 256 g/mol. The minimum Gasteiger partial charge on any atom is -0.0985 e. The zero-order chi connectivity index (χ0) is 8.27. The first-order valence-corrected chi connectivity index (χ1v) is 4.39. The molecule has 1 rings (SSSR count). The van der Waals surface area contributed by atoms with Gasteiger partial charge in [-0.15, -0.1) is 0 Å². The van der Waals surface area contributed by atoms with Crippen LogP contribution in [0.1, 0.15) is 11.1 Å². The zero-order valence-corrected chi connectivity index (χ0v) is 8.34. The van der Waals surface area contributed by atoms with Gasteiger partial charge in [0.25, 0.3) is 0 Å². The molecule has 0 saturated carbocycles. The SMILES string of the molecule is C=Cc1ccc(C(=C)I)cc1. The van der Waals surface area contributed by atoms with E-state index in [-0.39, 0.29) is 0 Å². The highest BCUT2D eigenvalue weighted by Gasteiger charge is 1.92. The normalized spacial score (nSPS) is 9.18. The molecule has 0 heterocycles. The highest BCUT2D eigenvalue weighted by atomic mass is 127. The maximum atomic E-state index is 3.84. The van der Waals surface area contributed by atoms with Crippen molar-refractivity contribution in [2.45, 2.75) is 0 Å². The highest BCUT2D eigenvalue weighted by molar-refractivity contribution is 14.1. The third-order valence-electron chi connectivity index (χ3n) is 1.46. The second-order valence-electron chi connectivity index (χ2n) is 2.23. The zero-order valence-electron chi connectivity index (χ0n) is 6.18. The molecular weight excluding hydrogens is 247 g/mol. The molecule has 0 aliphatic carbocycles. The van der Waals surface area contributed by atoms with Crippen LogP contribution in [0.25, 0.3) is 9.66 Å². The molecule has 0 nitrogen and oxygen atoms in total. The predicted octanol–water partition coefficient (Wildman–Crippen LogP) is 3.74. The molecule has 0 radical (unpaired) electrons. The summed E-state index contributed by atoms with van der Waals surface area (Å²) in [5.74, 6) is 0. The van der Waals surface area contributed by atoms with E-state index in [9.17, 15) is 0 Å². The Morgan fingerprint density at radius 3 is 2.18 bits per heavy atom. The lowest BCUT2D eigenvalue weighted by molar-refractivity contribution is 1.62. The highest BCUT2D eigenvalue weighted by Crippen LogP contribution is 2.19. The molecule has 1 aromatic carbocycles. The van der Waals surface area contributed by atoms with Crippen LogP contribution in [-0.4, -0.2) is 0 Å². The third kappa shape index (κ3) is 2.19. The first-order valence-electron chi connectivity index (χ1n) is 3.31. The maximum Gasteiger partial charge on any atom is 0.0130 e. The van der Waals surface area contributed by atoms with Gasteiger partial charge < -0.3 is 0 Å². The molecule has 0 fully saturated rings. The minimum atomic E-state index is 1.07. The van der Waals surface area contributed by atoms with Crippen LogP contribution in [0.3, 0.4) is 0 Å². The first kappa shape index (κ1) is 8.53. The van der Waals surface area contributed by atoms with Gasteiger partial charge in [0.05, 0.1) is 0 Å². The summed E-state index contributed by atoms with van der Waals surface area (Å²) in [6.45, 7) is 7.52. The molecule has 0 saturated heterocycles. The molecule has 0 amide bonds. The van der Waals surface area contributed by atoms with Crippen LogP contribution in [0.2, 0.25) is 0 Å². The molecule has 0 atom stereocenters. The summed E-state index contributed by atoms with van der Waals surface area (Å²) in [6.07, 6.45) is 1.83. The second kappa shape index (κ2) is 3.72. The lowest BCUT2D eigenvalue weighted by Gasteiger charge is -1.97. The van der Waals surface area contributed by atoms with Gasteiger partial charge in [-0.25, -0.2) is 0 Å². The summed E-state index contributed by atoms with van der Waals surface area (Å²) in [4.78, 5) is 0. The summed E-state index contributed by atoms with van der Waals surface area (Å²) in [5.41, 5.74) is 2.32. The summed E-state index contributed by atoms with van der Waals surface area (Å²) >= 11 is 2.21. The second-order valence-corrected chi connectivity index (χ2v) is 3.53. The number of halogens is 1. The number of benzene rings is 1. The summed E-state index contributed by atoms with van der Waals surface area (Å²) in [5, 5.41) is 0. The number of hydrogen-bond donors (Lipinski definition) is 0. The van der Waals surface area contributed by atoms with Crippen molar-refractivity contribution < 1.29 is 0 Å². The molecule has 1 aromatic rings. The topological polar surface area (TPSA) is 0 Å². The Morgan fingerprint density at radius 2 is 1.82 bits per heavy atom. The quantitative estimate of drug-likeness (QED) is 0.707. The Kier molecular flexibility index (Phi) is 2.88. The Hall–Kier alpha value is -0.570. The van der Waals surface area contributed by atoms with Crippen molar-refractivity contribution in [3.05, 3.63) is 48.6 Å². The molecule has 0 unspecified atom stereocenters. The van der Waals surface area contributed by atoms with Crippen molar-refractivity contribution in [3.63, 3.8) is 0 Å². The van der Waals surface area contributed by atoms with Gasteiger partial charge in [0, 0.05) is 3.58 Å². The summed E-state index contributed by atoms with van der Waals surface area (Å²) in [7, 11) is 0. The molecule has 0 aliphatic heterocycles. The summed E-state index contributed by atoms with van der Waals surface area (Å²) < 4.78 is 1.07. The van der Waals surface area contributed by atoms with Crippen LogP contribution in [0.15, 0.2) is 37.4 Å². The van der Waals surface area contributed by atoms with Gasteiger partial charge in [0.1, 0.15) is 0 Å². The van der Waals surface area contributed by atoms with Gasteiger partial charge in [-0.1, -0.05) is 43.5 Å². The van der Waals surface area contributed by atoms with Gasteiger partial charge in [0.2, 0.25) is 0 Å². The average Bonchev–Trinajstić information content (AvgIpc) is 2.05. The number of hydrogen-bond acceptors (Lipinski definition) is 0. The van der Waals surface area contributed by atoms with Crippen molar-refractivity contribution in [2.24, 2.45) is 0 Å². The van der Waals surface area contributed by atoms with Crippen molar-refractivity contribution in [1.29, 1.82) is 0 Å². The van der Waals surface area contributed by atoms with E-state index in [1.54, 1.807) is 0 Å². The largest absolute Gasteiger partial charge is 0.0985 e. The van der Waals surface area contributed by atoms with Crippen molar-refractivity contribution in [2.75, 3.05) is 0 Å². The molecule has 0 aromatic heterocycles. The standard InChI is InChI=1S/C10H9I/c1-3-9-4-6-10(7-5-9)8(2)11/h3-7H,1-2H2. The summed E-state index contributed by atoms with van der Waals surface area (Å²) in [6, 6.07) is 8.16. The van der Waals surface area contributed by atoms with Crippen LogP contribution < -0.4 is 0 Å². The van der Waals surface area contributed by atoms with Gasteiger partial charge in [-0.2, -0.15) is 0 Å². The molecule has 56 valence electrons. The van der Waals surface area contributed by atoms with Crippen LogP contribution in [0.5, 0.6) is 0 Å². The fourth-order valence-electron chi connectivity index (χ4n) is 0.800. The van der Waals surface area contributed by atoms with Gasteiger partial charge in [-0.05, 0) is 33.7 Å². The van der Waals surface area contributed by atoms with Crippen LogP contribution >= 0.6 is 22.6 Å². The average molecular weight is 256 g/mol. The molecule has 11 heavy (non-hydrogen) atoms. The lowest BCUT2D eigenvalue weighted by Crippen LogP contribution is -1.75. The first-order chi connectivity index (χ1) is 5.24. The van der Waals surface area contributed by atoms with Gasteiger partial charge >= 0.3 is 0 Å². The molecule has 1 heteroatoms. The maximum absolute atomic E-state index is 3.84. The Labute approximate surface area is 80.8 Å². The molecule has 0 N–H and O–H groups in total. The fraction of sp³-hybridized carbons (Fsp3) is 0. The van der Waals surface area contributed by atoms with Crippen molar-refractivity contribution >= 4 is 32.2 Å². The predicted molar refractivity (Wildman–Crippen MR) is 59.6 cm³/mol. The van der Waals surface area contributed by atoms with E-state index >= 15 is 0 Å².